The quantitative estimate of drug-likeness (QED) is 0.760. The van der Waals surface area contributed by atoms with Gasteiger partial charge in [-0.2, -0.15) is 0 Å². The van der Waals surface area contributed by atoms with Gasteiger partial charge in [0.05, 0.1) is 5.60 Å². The molecule has 76 valence electrons. The normalized spacial score (nSPS) is 22.9. The van der Waals surface area contributed by atoms with Crippen LogP contribution >= 0.6 is 0 Å². The zero-order chi connectivity index (χ0) is 10.4. The van der Waals surface area contributed by atoms with Crippen LogP contribution in [0.5, 0.6) is 0 Å². The molecule has 1 atom stereocenters. The molecule has 1 N–H and O–H groups in total. The van der Waals surface area contributed by atoms with Crippen molar-refractivity contribution in [2.24, 2.45) is 5.41 Å². The van der Waals surface area contributed by atoms with Gasteiger partial charge in [0, 0.05) is 5.41 Å². The van der Waals surface area contributed by atoms with Crippen LogP contribution < -0.4 is 0 Å². The summed E-state index contributed by atoms with van der Waals surface area (Å²) in [7, 11) is 0. The van der Waals surface area contributed by atoms with Crippen LogP contribution in [0.3, 0.4) is 0 Å². The first kappa shape index (κ1) is 9.72. The van der Waals surface area contributed by atoms with Crippen molar-refractivity contribution >= 4 is 0 Å². The maximum Gasteiger partial charge on any atom is 0.0921 e. The van der Waals surface area contributed by atoms with E-state index in [-0.39, 0.29) is 5.41 Å². The highest BCUT2D eigenvalue weighted by molar-refractivity contribution is 5.29. The van der Waals surface area contributed by atoms with Gasteiger partial charge in [-0.25, -0.2) is 0 Å². The first-order valence-corrected chi connectivity index (χ1v) is 5.25. The summed E-state index contributed by atoms with van der Waals surface area (Å²) in [6.07, 6.45) is 2.27. The molecule has 1 heteroatoms. The summed E-state index contributed by atoms with van der Waals surface area (Å²) in [6, 6.07) is 8.21. The van der Waals surface area contributed by atoms with Crippen LogP contribution in [-0.2, 0) is 5.60 Å². The van der Waals surface area contributed by atoms with E-state index in [2.05, 4.69) is 26.0 Å². The van der Waals surface area contributed by atoms with E-state index in [1.54, 1.807) is 0 Å². The molecule has 0 spiro atoms. The number of aliphatic hydroxyl groups is 1. The predicted molar refractivity (Wildman–Crippen MR) is 58.1 cm³/mol. The van der Waals surface area contributed by atoms with E-state index >= 15 is 0 Å². The third-order valence-corrected chi connectivity index (χ3v) is 3.79. The van der Waals surface area contributed by atoms with Crippen LogP contribution in [0, 0.1) is 12.3 Å². The molecular formula is C13H18O. The largest absolute Gasteiger partial charge is 0.385 e. The second kappa shape index (κ2) is 2.83. The Balaban J connectivity index is 2.34. The highest BCUT2D eigenvalue weighted by atomic mass is 16.3. The smallest absolute Gasteiger partial charge is 0.0921 e. The molecule has 1 saturated carbocycles. The van der Waals surface area contributed by atoms with Gasteiger partial charge in [-0.3, -0.25) is 0 Å². The molecule has 0 heterocycles. The second-order valence-electron chi connectivity index (χ2n) is 5.00. The third kappa shape index (κ3) is 1.36. The lowest BCUT2D eigenvalue weighted by Crippen LogP contribution is -2.31. The Bertz CT molecular complexity index is 331. The van der Waals surface area contributed by atoms with E-state index in [0.717, 1.165) is 18.4 Å². The number of aryl methyl sites for hydroxylation is 1. The van der Waals surface area contributed by atoms with Crippen molar-refractivity contribution in [2.45, 2.75) is 39.2 Å². The number of hydrogen-bond donors (Lipinski definition) is 1. The average Bonchev–Trinajstić information content (AvgIpc) is 2.86. The summed E-state index contributed by atoms with van der Waals surface area (Å²) < 4.78 is 0. The lowest BCUT2D eigenvalue weighted by molar-refractivity contribution is -0.0126. The van der Waals surface area contributed by atoms with Crippen LogP contribution in [-0.4, -0.2) is 5.11 Å². The summed E-state index contributed by atoms with van der Waals surface area (Å²) in [6.45, 7) is 6.16. The predicted octanol–water partition coefficient (Wildman–Crippen LogP) is 3.00. The summed E-state index contributed by atoms with van der Waals surface area (Å²) in [4.78, 5) is 0. The fraction of sp³-hybridized carbons (Fsp3) is 0.538. The van der Waals surface area contributed by atoms with E-state index < -0.39 is 5.60 Å². The molecule has 0 bridgehead atoms. The standard InChI is InChI=1S/C13H18O/c1-10-4-6-11(7-5-10)13(3,14)12(2)8-9-12/h4-7,14H,8-9H2,1-3H3/t13-/m0/s1. The summed E-state index contributed by atoms with van der Waals surface area (Å²) in [5.74, 6) is 0. The van der Waals surface area contributed by atoms with Crippen molar-refractivity contribution in [1.82, 2.24) is 0 Å². The van der Waals surface area contributed by atoms with Gasteiger partial charge >= 0.3 is 0 Å². The zero-order valence-corrected chi connectivity index (χ0v) is 9.17. The van der Waals surface area contributed by atoms with Crippen LogP contribution in [0.1, 0.15) is 37.8 Å². The first-order valence-electron chi connectivity index (χ1n) is 5.25. The number of rotatable bonds is 2. The minimum Gasteiger partial charge on any atom is -0.385 e. The Labute approximate surface area is 85.8 Å². The molecule has 0 amide bonds. The van der Waals surface area contributed by atoms with Crippen molar-refractivity contribution in [2.75, 3.05) is 0 Å². The molecule has 1 aromatic rings. The first-order chi connectivity index (χ1) is 6.46. The average molecular weight is 190 g/mol. The Morgan fingerprint density at radius 1 is 1.21 bits per heavy atom. The monoisotopic (exact) mass is 190 g/mol. The van der Waals surface area contributed by atoms with Crippen molar-refractivity contribution in [1.29, 1.82) is 0 Å². The Hall–Kier alpha value is -0.820. The van der Waals surface area contributed by atoms with Gasteiger partial charge in [0.1, 0.15) is 0 Å². The van der Waals surface area contributed by atoms with Crippen molar-refractivity contribution in [3.63, 3.8) is 0 Å². The molecule has 2 rings (SSSR count). The molecule has 1 aliphatic rings. The summed E-state index contributed by atoms with van der Waals surface area (Å²) >= 11 is 0. The zero-order valence-electron chi connectivity index (χ0n) is 9.17. The molecule has 0 aliphatic heterocycles. The van der Waals surface area contributed by atoms with Crippen LogP contribution in [0.25, 0.3) is 0 Å². The van der Waals surface area contributed by atoms with Gasteiger partial charge in [0.25, 0.3) is 0 Å². The van der Waals surface area contributed by atoms with E-state index in [1.807, 2.05) is 19.1 Å². The van der Waals surface area contributed by atoms with E-state index in [4.69, 9.17) is 0 Å². The molecule has 0 saturated heterocycles. The van der Waals surface area contributed by atoms with Gasteiger partial charge in [-0.05, 0) is 32.3 Å². The van der Waals surface area contributed by atoms with Gasteiger partial charge in [0.15, 0.2) is 0 Å². The molecule has 1 fully saturated rings. The number of hydrogen-bond acceptors (Lipinski definition) is 1. The third-order valence-electron chi connectivity index (χ3n) is 3.79. The maximum absolute atomic E-state index is 10.5. The van der Waals surface area contributed by atoms with E-state index in [0.29, 0.717) is 0 Å². The molecule has 14 heavy (non-hydrogen) atoms. The topological polar surface area (TPSA) is 20.2 Å². The van der Waals surface area contributed by atoms with E-state index in [9.17, 15) is 5.11 Å². The fourth-order valence-electron chi connectivity index (χ4n) is 1.90. The Morgan fingerprint density at radius 3 is 2.14 bits per heavy atom. The molecule has 1 aliphatic carbocycles. The Morgan fingerprint density at radius 2 is 1.71 bits per heavy atom. The summed E-state index contributed by atoms with van der Waals surface area (Å²) in [5.41, 5.74) is 1.72. The molecule has 1 aromatic carbocycles. The van der Waals surface area contributed by atoms with Gasteiger partial charge in [-0.1, -0.05) is 36.8 Å². The van der Waals surface area contributed by atoms with Crippen molar-refractivity contribution < 1.29 is 5.11 Å². The lowest BCUT2D eigenvalue weighted by atomic mass is 9.81. The fourth-order valence-corrected chi connectivity index (χ4v) is 1.90. The minimum atomic E-state index is -0.666. The SMILES string of the molecule is Cc1ccc([C@](C)(O)C2(C)CC2)cc1. The van der Waals surface area contributed by atoms with Gasteiger partial charge in [0.2, 0.25) is 0 Å². The molecule has 1 nitrogen and oxygen atoms in total. The molecule has 0 radical (unpaired) electrons. The van der Waals surface area contributed by atoms with Crippen molar-refractivity contribution in [3.8, 4) is 0 Å². The molecule has 0 aromatic heterocycles. The van der Waals surface area contributed by atoms with Gasteiger partial charge < -0.3 is 5.11 Å². The number of benzene rings is 1. The minimum absolute atomic E-state index is 0.0995. The Kier molecular flexibility index (Phi) is 1.97. The van der Waals surface area contributed by atoms with E-state index in [1.165, 1.54) is 5.56 Å². The van der Waals surface area contributed by atoms with Crippen LogP contribution in [0.15, 0.2) is 24.3 Å². The van der Waals surface area contributed by atoms with Gasteiger partial charge in [-0.15, -0.1) is 0 Å². The van der Waals surface area contributed by atoms with Crippen molar-refractivity contribution in [3.05, 3.63) is 35.4 Å². The highest BCUT2D eigenvalue weighted by Gasteiger charge is 2.52. The maximum atomic E-state index is 10.5. The lowest BCUT2D eigenvalue weighted by Gasteiger charge is -2.31. The highest BCUT2D eigenvalue weighted by Crippen LogP contribution is 2.57. The second-order valence-corrected chi connectivity index (χ2v) is 5.00. The van der Waals surface area contributed by atoms with Crippen LogP contribution in [0.4, 0.5) is 0 Å². The van der Waals surface area contributed by atoms with Crippen LogP contribution in [0.2, 0.25) is 0 Å². The molecular weight excluding hydrogens is 172 g/mol. The molecule has 0 unspecified atom stereocenters. The summed E-state index contributed by atoms with van der Waals surface area (Å²) in [5, 5.41) is 10.5.